The molecule has 1 aliphatic rings. The fraction of sp³-hybridized carbons (Fsp3) is 0.263. The molecule has 1 fully saturated rings. The highest BCUT2D eigenvalue weighted by Gasteiger charge is 2.26. The number of aryl methyl sites for hydroxylation is 1. The number of hydrogen-bond donors (Lipinski definition) is 0. The molecule has 0 N–H and O–H groups in total. The quantitative estimate of drug-likeness (QED) is 0.714. The van der Waals surface area contributed by atoms with Gasteiger partial charge in [0.2, 0.25) is 5.95 Å². The van der Waals surface area contributed by atoms with Crippen molar-refractivity contribution in [2.45, 2.75) is 6.92 Å². The molecule has 1 amide bonds. The zero-order valence-electron chi connectivity index (χ0n) is 14.5. The van der Waals surface area contributed by atoms with Gasteiger partial charge in [0.05, 0.1) is 0 Å². The van der Waals surface area contributed by atoms with Gasteiger partial charge < -0.3 is 9.80 Å². The Kier molecular flexibility index (Phi) is 4.62. The summed E-state index contributed by atoms with van der Waals surface area (Å²) in [5.41, 5.74) is 1.61. The van der Waals surface area contributed by atoms with Crippen molar-refractivity contribution in [1.82, 2.24) is 19.9 Å². The van der Waals surface area contributed by atoms with Crippen LogP contribution in [0.4, 0.5) is 5.95 Å². The van der Waals surface area contributed by atoms with E-state index in [0.717, 1.165) is 34.5 Å². The van der Waals surface area contributed by atoms with Crippen LogP contribution in [0.1, 0.15) is 15.4 Å². The molecule has 132 valence electrons. The summed E-state index contributed by atoms with van der Waals surface area (Å²) in [5.74, 6) is 0.727. The van der Waals surface area contributed by atoms with Crippen molar-refractivity contribution in [2.24, 2.45) is 0 Å². The number of nitrogens with zero attached hydrogens (tertiary/aromatic N) is 5. The van der Waals surface area contributed by atoms with Gasteiger partial charge in [0, 0.05) is 49.0 Å². The molecule has 6 nitrogen and oxygen atoms in total. The number of thiazole rings is 1. The van der Waals surface area contributed by atoms with Crippen molar-refractivity contribution in [3.63, 3.8) is 0 Å². The minimum atomic E-state index is 0.00885. The van der Waals surface area contributed by atoms with Gasteiger partial charge in [-0.3, -0.25) is 4.79 Å². The lowest BCUT2D eigenvalue weighted by atomic mass is 10.2. The molecule has 2 aromatic heterocycles. The number of amides is 1. The van der Waals surface area contributed by atoms with Crippen LogP contribution in [0.2, 0.25) is 0 Å². The van der Waals surface area contributed by atoms with Crippen molar-refractivity contribution >= 4 is 23.2 Å². The Balaban J connectivity index is 1.47. The van der Waals surface area contributed by atoms with E-state index >= 15 is 0 Å². The summed E-state index contributed by atoms with van der Waals surface area (Å²) >= 11 is 1.57. The van der Waals surface area contributed by atoms with Gasteiger partial charge in [-0.05, 0) is 13.0 Å². The SMILES string of the molecule is Cc1sc(-c2ccccc2)nc1C(=O)N1CCN(c2ncccn2)CC1. The second-order valence-electron chi connectivity index (χ2n) is 6.12. The van der Waals surface area contributed by atoms with Gasteiger partial charge in [0.15, 0.2) is 0 Å². The maximum atomic E-state index is 12.9. The number of piperazine rings is 1. The average molecular weight is 365 g/mol. The van der Waals surface area contributed by atoms with E-state index < -0.39 is 0 Å². The normalized spacial score (nSPS) is 14.5. The molecule has 26 heavy (non-hydrogen) atoms. The lowest BCUT2D eigenvalue weighted by molar-refractivity contribution is 0.0740. The van der Waals surface area contributed by atoms with Crippen LogP contribution in [0.25, 0.3) is 10.6 Å². The minimum absolute atomic E-state index is 0.00885. The van der Waals surface area contributed by atoms with E-state index in [1.807, 2.05) is 42.2 Å². The summed E-state index contributed by atoms with van der Waals surface area (Å²) in [6.45, 7) is 4.71. The fourth-order valence-corrected chi connectivity index (χ4v) is 3.92. The molecule has 4 rings (SSSR count). The molecule has 7 heteroatoms. The van der Waals surface area contributed by atoms with Gasteiger partial charge >= 0.3 is 0 Å². The maximum Gasteiger partial charge on any atom is 0.273 e. The monoisotopic (exact) mass is 365 g/mol. The zero-order chi connectivity index (χ0) is 17.9. The van der Waals surface area contributed by atoms with Crippen molar-refractivity contribution in [3.8, 4) is 10.6 Å². The van der Waals surface area contributed by atoms with Crippen LogP contribution in [0.5, 0.6) is 0 Å². The summed E-state index contributed by atoms with van der Waals surface area (Å²) in [6, 6.07) is 11.8. The van der Waals surface area contributed by atoms with E-state index in [1.165, 1.54) is 0 Å². The summed E-state index contributed by atoms with van der Waals surface area (Å²) < 4.78 is 0. The Hall–Kier alpha value is -2.80. The van der Waals surface area contributed by atoms with Crippen LogP contribution in [-0.2, 0) is 0 Å². The van der Waals surface area contributed by atoms with Crippen LogP contribution in [0, 0.1) is 6.92 Å². The first-order valence-electron chi connectivity index (χ1n) is 8.56. The molecule has 3 heterocycles. The molecule has 0 saturated carbocycles. The lowest BCUT2D eigenvalue weighted by Crippen LogP contribution is -2.49. The number of aromatic nitrogens is 3. The largest absolute Gasteiger partial charge is 0.337 e. The maximum absolute atomic E-state index is 12.9. The van der Waals surface area contributed by atoms with E-state index in [1.54, 1.807) is 29.8 Å². The molecule has 0 unspecified atom stereocenters. The standard InChI is InChI=1S/C19H19N5OS/c1-14-16(22-17(26-14)15-6-3-2-4-7-15)18(25)23-10-12-24(13-11-23)19-20-8-5-9-21-19/h2-9H,10-13H2,1H3. The number of hydrogen-bond acceptors (Lipinski definition) is 6. The predicted octanol–water partition coefficient (Wildman–Crippen LogP) is 2.87. The van der Waals surface area contributed by atoms with Crippen LogP contribution in [0.15, 0.2) is 48.8 Å². The van der Waals surface area contributed by atoms with Gasteiger partial charge in [-0.25, -0.2) is 15.0 Å². The van der Waals surface area contributed by atoms with Gasteiger partial charge in [-0.2, -0.15) is 0 Å². The van der Waals surface area contributed by atoms with Crippen molar-refractivity contribution in [1.29, 1.82) is 0 Å². The van der Waals surface area contributed by atoms with Crippen LogP contribution in [-0.4, -0.2) is 51.9 Å². The Labute approximate surface area is 156 Å². The number of anilines is 1. The first-order valence-corrected chi connectivity index (χ1v) is 9.38. The Morgan fingerprint density at radius 1 is 1.00 bits per heavy atom. The molecular formula is C19H19N5OS. The minimum Gasteiger partial charge on any atom is -0.337 e. The van der Waals surface area contributed by atoms with Gasteiger partial charge in [-0.1, -0.05) is 30.3 Å². The fourth-order valence-electron chi connectivity index (χ4n) is 3.01. The van der Waals surface area contributed by atoms with E-state index in [-0.39, 0.29) is 5.91 Å². The van der Waals surface area contributed by atoms with Crippen molar-refractivity contribution < 1.29 is 4.79 Å². The molecule has 0 bridgehead atoms. The molecule has 1 aliphatic heterocycles. The summed E-state index contributed by atoms with van der Waals surface area (Å²) in [4.78, 5) is 31.1. The highest BCUT2D eigenvalue weighted by Crippen LogP contribution is 2.28. The average Bonchev–Trinajstić information content (AvgIpc) is 3.10. The highest BCUT2D eigenvalue weighted by atomic mass is 32.1. The number of rotatable bonds is 3. The summed E-state index contributed by atoms with van der Waals surface area (Å²) in [7, 11) is 0. The third-order valence-corrected chi connectivity index (χ3v) is 5.44. The Morgan fingerprint density at radius 2 is 1.69 bits per heavy atom. The van der Waals surface area contributed by atoms with E-state index in [2.05, 4.69) is 19.9 Å². The Bertz CT molecular complexity index is 889. The number of carbonyl (C=O) groups excluding carboxylic acids is 1. The number of carbonyl (C=O) groups is 1. The van der Waals surface area contributed by atoms with Crippen LogP contribution >= 0.6 is 11.3 Å². The topological polar surface area (TPSA) is 62.2 Å². The van der Waals surface area contributed by atoms with Gasteiger partial charge in [0.1, 0.15) is 10.7 Å². The molecule has 0 radical (unpaired) electrons. The van der Waals surface area contributed by atoms with E-state index in [4.69, 9.17) is 0 Å². The van der Waals surface area contributed by atoms with E-state index in [9.17, 15) is 4.79 Å². The molecule has 1 saturated heterocycles. The zero-order valence-corrected chi connectivity index (χ0v) is 15.3. The van der Waals surface area contributed by atoms with Gasteiger partial charge in [-0.15, -0.1) is 11.3 Å². The lowest BCUT2D eigenvalue weighted by Gasteiger charge is -2.34. The van der Waals surface area contributed by atoms with Crippen LogP contribution < -0.4 is 4.90 Å². The molecular weight excluding hydrogens is 346 g/mol. The smallest absolute Gasteiger partial charge is 0.273 e. The van der Waals surface area contributed by atoms with Gasteiger partial charge in [0.25, 0.3) is 5.91 Å². The first kappa shape index (κ1) is 16.7. The third kappa shape index (κ3) is 3.30. The Morgan fingerprint density at radius 3 is 2.38 bits per heavy atom. The van der Waals surface area contributed by atoms with Crippen molar-refractivity contribution in [2.75, 3.05) is 31.1 Å². The second kappa shape index (κ2) is 7.21. The number of benzene rings is 1. The summed E-state index contributed by atoms with van der Waals surface area (Å²) in [5, 5.41) is 0.891. The van der Waals surface area contributed by atoms with Crippen molar-refractivity contribution in [3.05, 3.63) is 59.4 Å². The first-order chi connectivity index (χ1) is 12.7. The third-order valence-electron chi connectivity index (χ3n) is 4.42. The molecule has 1 aromatic carbocycles. The molecule has 3 aromatic rings. The molecule has 0 aliphatic carbocycles. The van der Waals surface area contributed by atoms with Crippen LogP contribution in [0.3, 0.4) is 0 Å². The molecule has 0 spiro atoms. The molecule has 0 atom stereocenters. The van der Waals surface area contributed by atoms with E-state index in [0.29, 0.717) is 18.8 Å². The second-order valence-corrected chi connectivity index (χ2v) is 7.32. The predicted molar refractivity (Wildman–Crippen MR) is 102 cm³/mol. The summed E-state index contributed by atoms with van der Waals surface area (Å²) in [6.07, 6.45) is 3.48. The highest BCUT2D eigenvalue weighted by molar-refractivity contribution is 7.15.